The van der Waals surface area contributed by atoms with Crippen LogP contribution in [0.25, 0.3) is 0 Å². The van der Waals surface area contributed by atoms with Gasteiger partial charge in [0.15, 0.2) is 0 Å². The molecule has 0 bridgehead atoms. The fourth-order valence-corrected chi connectivity index (χ4v) is 1.63. The Balaban J connectivity index is 2.38. The lowest BCUT2D eigenvalue weighted by molar-refractivity contribution is -0.140. The van der Waals surface area contributed by atoms with E-state index in [9.17, 15) is 22.7 Å². The Morgan fingerprint density at radius 2 is 2.00 bits per heavy atom. The van der Waals surface area contributed by atoms with Crippen molar-refractivity contribution < 1.29 is 22.7 Å². The highest BCUT2D eigenvalue weighted by Crippen LogP contribution is 2.33. The second-order valence-corrected chi connectivity index (χ2v) is 3.88. The van der Waals surface area contributed by atoms with Crippen molar-refractivity contribution in [3.05, 3.63) is 46.9 Å². The Morgan fingerprint density at radius 3 is 2.47 bits per heavy atom. The van der Waals surface area contributed by atoms with Crippen molar-refractivity contribution in [3.63, 3.8) is 0 Å². The van der Waals surface area contributed by atoms with Gasteiger partial charge in [0, 0.05) is 5.56 Å². The molecule has 102 valence electrons. The van der Waals surface area contributed by atoms with Gasteiger partial charge in [0.05, 0.1) is 11.8 Å². The largest absolute Gasteiger partial charge is 0.419 e. The van der Waals surface area contributed by atoms with Crippen LogP contribution in [0.4, 0.5) is 23.4 Å². The molecule has 2 rings (SSSR count). The standard InChI is InChI=1S/C11H9F4N3O/c12-8-3-5(1-2-7(8)11(13,14)15)9(19)6-4-17-18-10(6)16/h1-4,9,19H,(H3,16,17,18). The number of rotatable bonds is 2. The first-order valence-corrected chi connectivity index (χ1v) is 5.14. The minimum Gasteiger partial charge on any atom is -0.384 e. The van der Waals surface area contributed by atoms with E-state index in [0.29, 0.717) is 12.1 Å². The lowest BCUT2D eigenvalue weighted by Gasteiger charge is -2.13. The number of aliphatic hydroxyl groups is 1. The van der Waals surface area contributed by atoms with E-state index in [2.05, 4.69) is 10.2 Å². The van der Waals surface area contributed by atoms with Crippen LogP contribution in [-0.2, 0) is 6.18 Å². The number of alkyl halides is 3. The van der Waals surface area contributed by atoms with E-state index in [0.717, 1.165) is 6.07 Å². The smallest absolute Gasteiger partial charge is 0.384 e. The fourth-order valence-electron chi connectivity index (χ4n) is 1.63. The molecule has 1 unspecified atom stereocenters. The Bertz CT molecular complexity index is 594. The summed E-state index contributed by atoms with van der Waals surface area (Å²) in [5, 5.41) is 15.8. The van der Waals surface area contributed by atoms with Crippen LogP contribution in [0.1, 0.15) is 22.8 Å². The number of hydrogen-bond acceptors (Lipinski definition) is 3. The molecule has 19 heavy (non-hydrogen) atoms. The van der Waals surface area contributed by atoms with Crippen LogP contribution in [0.2, 0.25) is 0 Å². The summed E-state index contributed by atoms with van der Waals surface area (Å²) in [5.41, 5.74) is 4.20. The van der Waals surface area contributed by atoms with Gasteiger partial charge >= 0.3 is 6.18 Å². The van der Waals surface area contributed by atoms with Crippen LogP contribution in [0.15, 0.2) is 24.4 Å². The van der Waals surface area contributed by atoms with Crippen LogP contribution in [-0.4, -0.2) is 15.3 Å². The van der Waals surface area contributed by atoms with Crippen molar-refractivity contribution in [1.29, 1.82) is 0 Å². The number of hydrogen-bond donors (Lipinski definition) is 3. The molecular weight excluding hydrogens is 266 g/mol. The number of aromatic amines is 1. The predicted molar refractivity (Wildman–Crippen MR) is 58.5 cm³/mol. The van der Waals surface area contributed by atoms with Gasteiger partial charge in [-0.2, -0.15) is 18.3 Å². The number of nitrogens with one attached hydrogen (secondary N) is 1. The van der Waals surface area contributed by atoms with Crippen molar-refractivity contribution in [2.75, 3.05) is 5.73 Å². The topological polar surface area (TPSA) is 74.9 Å². The molecule has 0 aliphatic rings. The number of nitrogens with zero attached hydrogens (tertiary/aromatic N) is 1. The van der Waals surface area contributed by atoms with Gasteiger partial charge in [-0.25, -0.2) is 4.39 Å². The average Bonchev–Trinajstić information content (AvgIpc) is 2.72. The maximum atomic E-state index is 13.4. The van der Waals surface area contributed by atoms with E-state index in [1.54, 1.807) is 0 Å². The number of aromatic nitrogens is 2. The molecule has 0 saturated heterocycles. The molecule has 0 aliphatic heterocycles. The first kappa shape index (κ1) is 13.3. The number of H-pyrrole nitrogens is 1. The first-order valence-electron chi connectivity index (χ1n) is 5.14. The molecule has 4 nitrogen and oxygen atoms in total. The summed E-state index contributed by atoms with van der Waals surface area (Å²) in [5.74, 6) is -1.39. The number of benzene rings is 1. The van der Waals surface area contributed by atoms with Crippen LogP contribution in [0.3, 0.4) is 0 Å². The highest BCUT2D eigenvalue weighted by molar-refractivity contribution is 5.43. The zero-order chi connectivity index (χ0) is 14.2. The van der Waals surface area contributed by atoms with Crippen molar-refractivity contribution >= 4 is 5.82 Å². The lowest BCUT2D eigenvalue weighted by atomic mass is 10.0. The molecule has 4 N–H and O–H groups in total. The first-order chi connectivity index (χ1) is 8.80. The van der Waals surface area contributed by atoms with Gasteiger partial charge < -0.3 is 10.8 Å². The Hall–Kier alpha value is -2.09. The normalized spacial score (nSPS) is 13.5. The molecule has 1 heterocycles. The maximum absolute atomic E-state index is 13.4. The Labute approximate surface area is 104 Å². The Morgan fingerprint density at radius 1 is 1.32 bits per heavy atom. The minimum absolute atomic E-state index is 0.0430. The quantitative estimate of drug-likeness (QED) is 0.736. The summed E-state index contributed by atoms with van der Waals surface area (Å²) in [6, 6.07) is 2.19. The van der Waals surface area contributed by atoms with Crippen molar-refractivity contribution in [2.45, 2.75) is 12.3 Å². The third-order valence-electron chi connectivity index (χ3n) is 2.61. The third-order valence-corrected chi connectivity index (χ3v) is 2.61. The van der Waals surface area contributed by atoms with Crippen LogP contribution >= 0.6 is 0 Å². The summed E-state index contributed by atoms with van der Waals surface area (Å²) >= 11 is 0. The summed E-state index contributed by atoms with van der Waals surface area (Å²) in [6.45, 7) is 0. The second kappa shape index (κ2) is 4.54. The average molecular weight is 275 g/mol. The van der Waals surface area contributed by atoms with Crippen LogP contribution in [0, 0.1) is 5.82 Å². The van der Waals surface area contributed by atoms with E-state index in [1.807, 2.05) is 0 Å². The highest BCUT2D eigenvalue weighted by atomic mass is 19.4. The maximum Gasteiger partial charge on any atom is 0.419 e. The lowest BCUT2D eigenvalue weighted by Crippen LogP contribution is -2.10. The predicted octanol–water partition coefficient (Wildman–Crippen LogP) is 2.23. The van der Waals surface area contributed by atoms with Gasteiger partial charge in [0.1, 0.15) is 17.7 Å². The van der Waals surface area contributed by atoms with Crippen molar-refractivity contribution in [3.8, 4) is 0 Å². The van der Waals surface area contributed by atoms with E-state index in [-0.39, 0.29) is 16.9 Å². The van der Waals surface area contributed by atoms with Gasteiger partial charge in [-0.05, 0) is 17.7 Å². The van der Waals surface area contributed by atoms with E-state index in [4.69, 9.17) is 5.73 Å². The number of halogens is 4. The fraction of sp³-hybridized carbons (Fsp3) is 0.182. The summed E-state index contributed by atoms with van der Waals surface area (Å²) in [7, 11) is 0. The van der Waals surface area contributed by atoms with E-state index in [1.165, 1.54) is 6.20 Å². The molecular formula is C11H9F4N3O. The molecule has 0 aliphatic carbocycles. The van der Waals surface area contributed by atoms with Gasteiger partial charge in [0.25, 0.3) is 0 Å². The molecule has 1 aromatic carbocycles. The van der Waals surface area contributed by atoms with Crippen molar-refractivity contribution in [1.82, 2.24) is 10.2 Å². The monoisotopic (exact) mass is 275 g/mol. The number of nitrogen functional groups attached to an aromatic ring is 1. The van der Waals surface area contributed by atoms with Gasteiger partial charge in [0.2, 0.25) is 0 Å². The van der Waals surface area contributed by atoms with Gasteiger partial charge in [-0.15, -0.1) is 0 Å². The molecule has 1 atom stereocenters. The van der Waals surface area contributed by atoms with Crippen LogP contribution < -0.4 is 5.73 Å². The molecule has 8 heteroatoms. The Kier molecular flexibility index (Phi) is 3.19. The van der Waals surface area contributed by atoms with E-state index < -0.39 is 23.7 Å². The molecule has 0 spiro atoms. The van der Waals surface area contributed by atoms with E-state index >= 15 is 0 Å². The molecule has 0 amide bonds. The molecule has 2 aromatic rings. The molecule has 0 radical (unpaired) electrons. The zero-order valence-electron chi connectivity index (χ0n) is 9.37. The minimum atomic E-state index is -4.78. The van der Waals surface area contributed by atoms with Crippen LogP contribution in [0.5, 0.6) is 0 Å². The molecule has 0 fully saturated rings. The number of anilines is 1. The number of nitrogens with two attached hydrogens (primary N) is 1. The summed E-state index contributed by atoms with van der Waals surface area (Å²) in [6.07, 6.45) is -4.91. The molecule has 1 aromatic heterocycles. The van der Waals surface area contributed by atoms with Crippen molar-refractivity contribution in [2.24, 2.45) is 0 Å². The summed E-state index contributed by atoms with van der Waals surface area (Å²) in [4.78, 5) is 0. The SMILES string of the molecule is Nc1[nH]ncc1C(O)c1ccc(C(F)(F)F)c(F)c1. The highest BCUT2D eigenvalue weighted by Gasteiger charge is 2.34. The van der Waals surface area contributed by atoms with Gasteiger partial charge in [-0.1, -0.05) is 6.07 Å². The zero-order valence-corrected chi connectivity index (χ0v) is 9.37. The summed E-state index contributed by atoms with van der Waals surface area (Å²) < 4.78 is 50.5. The molecule has 0 saturated carbocycles. The third kappa shape index (κ3) is 2.53. The van der Waals surface area contributed by atoms with Gasteiger partial charge in [-0.3, -0.25) is 5.10 Å². The number of aliphatic hydroxyl groups excluding tert-OH is 1. The second-order valence-electron chi connectivity index (χ2n) is 3.88.